The number of nitrogens with one attached hydrogen (secondary N) is 1. The summed E-state index contributed by atoms with van der Waals surface area (Å²) < 4.78 is 5.20. The van der Waals surface area contributed by atoms with E-state index in [2.05, 4.69) is 5.32 Å². The average molecular weight is 255 g/mol. The van der Waals surface area contributed by atoms with Gasteiger partial charge in [0, 0.05) is 18.8 Å². The van der Waals surface area contributed by atoms with Crippen molar-refractivity contribution in [2.24, 2.45) is 5.73 Å². The van der Waals surface area contributed by atoms with Crippen molar-refractivity contribution in [1.82, 2.24) is 0 Å². The highest BCUT2D eigenvalue weighted by Crippen LogP contribution is 2.28. The van der Waals surface area contributed by atoms with Gasteiger partial charge >= 0.3 is 0 Å². The van der Waals surface area contributed by atoms with E-state index in [9.17, 15) is 4.79 Å². The molecule has 1 fully saturated rings. The topological polar surface area (TPSA) is 64.3 Å². The van der Waals surface area contributed by atoms with Gasteiger partial charge in [-0.15, -0.1) is 0 Å². The molecule has 2 rings (SSSR count). The highest BCUT2D eigenvalue weighted by Gasteiger charge is 2.28. The summed E-state index contributed by atoms with van der Waals surface area (Å²) in [7, 11) is 1.72. The van der Waals surface area contributed by atoms with Gasteiger partial charge in [-0.05, 0) is 31.0 Å². The van der Waals surface area contributed by atoms with Crippen molar-refractivity contribution < 1.29 is 9.53 Å². The van der Waals surface area contributed by atoms with Crippen LogP contribution in [0.15, 0.2) is 18.2 Å². The normalized spacial score (nSPS) is 22.9. The fourth-order valence-electron chi connectivity index (χ4n) is 1.92. The van der Waals surface area contributed by atoms with Gasteiger partial charge in [0.15, 0.2) is 0 Å². The first-order valence-electron chi connectivity index (χ1n) is 5.49. The molecule has 92 valence electrons. The van der Waals surface area contributed by atoms with Gasteiger partial charge in [-0.25, -0.2) is 0 Å². The monoisotopic (exact) mass is 254 g/mol. The highest BCUT2D eigenvalue weighted by atomic mass is 35.5. The summed E-state index contributed by atoms with van der Waals surface area (Å²) in [6.45, 7) is 0. The highest BCUT2D eigenvalue weighted by molar-refractivity contribution is 6.34. The molecule has 0 atom stereocenters. The molecule has 0 bridgehead atoms. The molecule has 0 saturated heterocycles. The first kappa shape index (κ1) is 12.2. The lowest BCUT2D eigenvalue weighted by atomic mass is 9.89. The number of nitrogens with two attached hydrogens (primary N) is 1. The molecule has 0 spiro atoms. The third-order valence-corrected chi connectivity index (χ3v) is 3.35. The summed E-state index contributed by atoms with van der Waals surface area (Å²) in [4.78, 5) is 11.0. The molecule has 1 aromatic carbocycles. The molecule has 0 radical (unpaired) electrons. The van der Waals surface area contributed by atoms with E-state index in [1.807, 2.05) is 6.07 Å². The number of rotatable bonds is 4. The quantitative estimate of drug-likeness (QED) is 0.864. The Hall–Kier alpha value is -1.26. The van der Waals surface area contributed by atoms with Crippen molar-refractivity contribution in [3.63, 3.8) is 0 Å². The zero-order valence-corrected chi connectivity index (χ0v) is 10.3. The number of anilines is 1. The molecule has 3 N–H and O–H groups in total. The van der Waals surface area contributed by atoms with Gasteiger partial charge in [-0.1, -0.05) is 11.6 Å². The van der Waals surface area contributed by atoms with Crippen LogP contribution in [-0.4, -0.2) is 25.2 Å². The number of carbonyl (C=O) groups is 1. The molecular formula is C12H15ClN2O2. The standard InChI is InChI=1S/C12H15ClN2O2/c1-17-9-4-8(5-9)15-7-2-3-10(12(14)16)11(13)6-7/h2-3,6,8-9,15H,4-5H2,1H3,(H2,14,16). The van der Waals surface area contributed by atoms with E-state index in [-0.39, 0.29) is 0 Å². The molecule has 4 nitrogen and oxygen atoms in total. The Labute approximate surface area is 105 Å². The predicted molar refractivity (Wildman–Crippen MR) is 67.4 cm³/mol. The number of hydrogen-bond donors (Lipinski definition) is 2. The minimum Gasteiger partial charge on any atom is -0.382 e. The number of amides is 1. The van der Waals surface area contributed by atoms with Gasteiger partial charge in [-0.2, -0.15) is 0 Å². The second-order valence-electron chi connectivity index (χ2n) is 4.23. The Bertz CT molecular complexity index is 431. The minimum atomic E-state index is -0.510. The van der Waals surface area contributed by atoms with Crippen LogP contribution < -0.4 is 11.1 Å². The van der Waals surface area contributed by atoms with E-state index in [0.29, 0.717) is 22.7 Å². The van der Waals surface area contributed by atoms with Crippen LogP contribution in [-0.2, 0) is 4.74 Å². The molecule has 0 unspecified atom stereocenters. The van der Waals surface area contributed by atoms with Gasteiger partial charge in [-0.3, -0.25) is 4.79 Å². The first-order chi connectivity index (χ1) is 8.10. The molecular weight excluding hydrogens is 240 g/mol. The Morgan fingerprint density at radius 1 is 1.53 bits per heavy atom. The molecule has 1 saturated carbocycles. The van der Waals surface area contributed by atoms with Crippen LogP contribution >= 0.6 is 11.6 Å². The van der Waals surface area contributed by atoms with E-state index in [1.165, 1.54) is 0 Å². The summed E-state index contributed by atoms with van der Waals surface area (Å²) >= 11 is 5.96. The van der Waals surface area contributed by atoms with Crippen LogP contribution in [0.5, 0.6) is 0 Å². The van der Waals surface area contributed by atoms with Crippen molar-refractivity contribution >= 4 is 23.2 Å². The molecule has 17 heavy (non-hydrogen) atoms. The zero-order valence-electron chi connectivity index (χ0n) is 9.57. The maximum absolute atomic E-state index is 11.0. The molecule has 0 heterocycles. The van der Waals surface area contributed by atoms with Crippen LogP contribution in [0.3, 0.4) is 0 Å². The maximum atomic E-state index is 11.0. The molecule has 1 aromatic rings. The number of hydrogen-bond acceptors (Lipinski definition) is 3. The Morgan fingerprint density at radius 2 is 2.24 bits per heavy atom. The SMILES string of the molecule is COC1CC(Nc2ccc(C(N)=O)c(Cl)c2)C1. The predicted octanol–water partition coefficient (Wildman–Crippen LogP) is 2.03. The van der Waals surface area contributed by atoms with Crippen molar-refractivity contribution in [2.75, 3.05) is 12.4 Å². The lowest BCUT2D eigenvalue weighted by molar-refractivity contribution is 0.0329. The summed E-state index contributed by atoms with van der Waals surface area (Å²) in [5, 5.41) is 3.71. The van der Waals surface area contributed by atoms with Crippen LogP contribution in [0, 0.1) is 0 Å². The van der Waals surface area contributed by atoms with Crippen molar-refractivity contribution in [2.45, 2.75) is 25.0 Å². The van der Waals surface area contributed by atoms with E-state index >= 15 is 0 Å². The number of carbonyl (C=O) groups excluding carboxylic acids is 1. The third-order valence-electron chi connectivity index (χ3n) is 3.03. The summed E-state index contributed by atoms with van der Waals surface area (Å²) in [6, 6.07) is 5.59. The largest absolute Gasteiger partial charge is 0.382 e. The smallest absolute Gasteiger partial charge is 0.250 e. The lowest BCUT2D eigenvalue weighted by Gasteiger charge is -2.35. The van der Waals surface area contributed by atoms with Crippen molar-refractivity contribution in [1.29, 1.82) is 0 Å². The molecule has 5 heteroatoms. The summed E-state index contributed by atoms with van der Waals surface area (Å²) in [5.41, 5.74) is 6.43. The Morgan fingerprint density at radius 3 is 2.76 bits per heavy atom. The van der Waals surface area contributed by atoms with Crippen molar-refractivity contribution in [3.8, 4) is 0 Å². The second-order valence-corrected chi connectivity index (χ2v) is 4.64. The van der Waals surface area contributed by atoms with Crippen LogP contribution in [0.2, 0.25) is 5.02 Å². The van der Waals surface area contributed by atoms with Gasteiger partial charge in [0.2, 0.25) is 5.91 Å². The Kier molecular flexibility index (Phi) is 3.54. The average Bonchev–Trinajstić information content (AvgIpc) is 2.22. The van der Waals surface area contributed by atoms with Crippen LogP contribution in [0.4, 0.5) is 5.69 Å². The van der Waals surface area contributed by atoms with Gasteiger partial charge in [0.25, 0.3) is 0 Å². The molecule has 0 aliphatic heterocycles. The second kappa shape index (κ2) is 4.94. The van der Waals surface area contributed by atoms with E-state index in [4.69, 9.17) is 22.1 Å². The summed E-state index contributed by atoms with van der Waals surface area (Å²) in [5.74, 6) is -0.510. The Balaban J connectivity index is 1.99. The number of benzene rings is 1. The lowest BCUT2D eigenvalue weighted by Crippen LogP contribution is -2.40. The van der Waals surface area contributed by atoms with Crippen molar-refractivity contribution in [3.05, 3.63) is 28.8 Å². The molecule has 1 amide bonds. The fourth-order valence-corrected chi connectivity index (χ4v) is 2.19. The van der Waals surface area contributed by atoms with E-state index in [0.717, 1.165) is 18.5 Å². The van der Waals surface area contributed by atoms with Crippen LogP contribution in [0.1, 0.15) is 23.2 Å². The number of ether oxygens (including phenoxy) is 1. The van der Waals surface area contributed by atoms with E-state index < -0.39 is 5.91 Å². The minimum absolute atomic E-state index is 0.348. The van der Waals surface area contributed by atoms with Gasteiger partial charge in [0.1, 0.15) is 0 Å². The van der Waals surface area contributed by atoms with Crippen LogP contribution in [0.25, 0.3) is 0 Å². The number of primary amides is 1. The first-order valence-corrected chi connectivity index (χ1v) is 5.86. The third kappa shape index (κ3) is 2.70. The maximum Gasteiger partial charge on any atom is 0.250 e. The van der Waals surface area contributed by atoms with Gasteiger partial charge in [0.05, 0.1) is 16.7 Å². The molecule has 1 aliphatic carbocycles. The van der Waals surface area contributed by atoms with Gasteiger partial charge < -0.3 is 15.8 Å². The molecule has 0 aromatic heterocycles. The molecule has 1 aliphatic rings. The number of methoxy groups -OCH3 is 1. The zero-order chi connectivity index (χ0) is 12.4. The van der Waals surface area contributed by atoms with E-state index in [1.54, 1.807) is 19.2 Å². The summed E-state index contributed by atoms with van der Waals surface area (Å²) in [6.07, 6.45) is 2.34. The fraction of sp³-hybridized carbons (Fsp3) is 0.417. The number of halogens is 1.